The van der Waals surface area contributed by atoms with E-state index >= 15 is 0 Å². The maximum absolute atomic E-state index is 13.2. The minimum atomic E-state index is -4.43. The van der Waals surface area contributed by atoms with Crippen LogP contribution in [0.3, 0.4) is 0 Å². The molecule has 0 saturated heterocycles. The Hall–Kier alpha value is -4.05. The van der Waals surface area contributed by atoms with Gasteiger partial charge in [0.05, 0.1) is 16.8 Å². The third-order valence-electron chi connectivity index (χ3n) is 5.94. The van der Waals surface area contributed by atoms with Crippen LogP contribution in [0.2, 0.25) is 0 Å². The number of fused-ring (bicyclic) bond motifs is 1. The maximum atomic E-state index is 13.2. The highest BCUT2D eigenvalue weighted by atomic mass is 32.2. The van der Waals surface area contributed by atoms with E-state index in [0.29, 0.717) is 48.6 Å². The van der Waals surface area contributed by atoms with Crippen molar-refractivity contribution in [3.05, 3.63) is 70.7 Å². The number of nitrogens with zero attached hydrogens (tertiary/aromatic N) is 4. The van der Waals surface area contributed by atoms with Crippen molar-refractivity contribution in [1.29, 1.82) is 5.26 Å². The van der Waals surface area contributed by atoms with Crippen LogP contribution in [0, 0.1) is 11.3 Å². The molecule has 0 spiro atoms. The number of amides is 2. The molecule has 0 radical (unpaired) electrons. The van der Waals surface area contributed by atoms with E-state index in [1.807, 2.05) is 12.3 Å². The number of nitriles is 1. The smallest absolute Gasteiger partial charge is 0.422 e. The third kappa shape index (κ3) is 7.08. The molecule has 0 fully saturated rings. The van der Waals surface area contributed by atoms with Crippen LogP contribution < -0.4 is 15.4 Å². The number of rotatable bonds is 10. The van der Waals surface area contributed by atoms with Gasteiger partial charge in [-0.3, -0.25) is 9.59 Å². The zero-order chi connectivity index (χ0) is 28.0. The monoisotopic (exact) mass is 558 g/mol. The second-order valence-corrected chi connectivity index (χ2v) is 9.80. The number of aromatic nitrogens is 3. The highest BCUT2D eigenvalue weighted by Crippen LogP contribution is 2.26. The van der Waals surface area contributed by atoms with Gasteiger partial charge in [-0.25, -0.2) is 9.67 Å². The minimum Gasteiger partial charge on any atom is -0.484 e. The highest BCUT2D eigenvalue weighted by Gasteiger charge is 2.35. The van der Waals surface area contributed by atoms with E-state index in [4.69, 9.17) is 10.00 Å². The Morgan fingerprint density at radius 3 is 2.85 bits per heavy atom. The maximum Gasteiger partial charge on any atom is 0.422 e. The van der Waals surface area contributed by atoms with E-state index in [0.717, 1.165) is 5.56 Å². The summed E-state index contributed by atoms with van der Waals surface area (Å²) >= 11 is 1.57. The summed E-state index contributed by atoms with van der Waals surface area (Å²) in [6, 6.07) is 11.2. The summed E-state index contributed by atoms with van der Waals surface area (Å²) < 4.78 is 43.6. The number of ether oxygens (including phenoxy) is 1. The zero-order valence-corrected chi connectivity index (χ0v) is 21.7. The van der Waals surface area contributed by atoms with Crippen molar-refractivity contribution in [2.75, 3.05) is 25.2 Å². The molecule has 13 heteroatoms. The number of carbonyl (C=O) groups is 2. The van der Waals surface area contributed by atoms with E-state index in [1.165, 1.54) is 16.9 Å². The Morgan fingerprint density at radius 2 is 2.15 bits per heavy atom. The second kappa shape index (κ2) is 12.2. The molecule has 3 heterocycles. The molecule has 1 aromatic carbocycles. The first kappa shape index (κ1) is 28.0. The lowest BCUT2D eigenvalue weighted by Crippen LogP contribution is -2.42. The van der Waals surface area contributed by atoms with Gasteiger partial charge in [-0.1, -0.05) is 12.1 Å². The molecule has 1 unspecified atom stereocenters. The first-order chi connectivity index (χ1) is 18.7. The van der Waals surface area contributed by atoms with Gasteiger partial charge in [0.1, 0.15) is 17.5 Å². The molecule has 0 aliphatic carbocycles. The van der Waals surface area contributed by atoms with E-state index < -0.39 is 24.6 Å². The molecular formula is C26H25F3N6O3S. The van der Waals surface area contributed by atoms with Crippen LogP contribution in [0.1, 0.15) is 44.1 Å². The number of thioether (sulfide) groups is 1. The van der Waals surface area contributed by atoms with Crippen LogP contribution in [0.4, 0.5) is 13.2 Å². The molecule has 2 N–H and O–H groups in total. The van der Waals surface area contributed by atoms with Crippen LogP contribution in [0.15, 0.2) is 42.6 Å². The molecule has 1 atom stereocenters. The van der Waals surface area contributed by atoms with Gasteiger partial charge >= 0.3 is 6.18 Å². The SMILES string of the molecule is CSCCNC(=O)c1c2c(nn1-c1ccc(C#N)cn1)CC(CCc1cccc(OCC(F)(F)F)c1)NC2=O. The topological polar surface area (TPSA) is 122 Å². The molecular weight excluding hydrogens is 533 g/mol. The van der Waals surface area contributed by atoms with Crippen LogP contribution in [0.25, 0.3) is 5.82 Å². The van der Waals surface area contributed by atoms with Crippen LogP contribution in [-0.4, -0.2) is 64.0 Å². The van der Waals surface area contributed by atoms with E-state index in [-0.39, 0.29) is 23.0 Å². The van der Waals surface area contributed by atoms with E-state index in [1.54, 1.807) is 42.1 Å². The number of nitrogens with one attached hydrogen (secondary N) is 2. The summed E-state index contributed by atoms with van der Waals surface area (Å²) in [7, 11) is 0. The lowest BCUT2D eigenvalue weighted by Gasteiger charge is -2.23. The quantitative estimate of drug-likeness (QED) is 0.366. The number of halogens is 3. The van der Waals surface area contributed by atoms with Crippen LogP contribution >= 0.6 is 11.8 Å². The molecule has 1 aliphatic rings. The third-order valence-corrected chi connectivity index (χ3v) is 6.56. The number of carbonyl (C=O) groups excluding carboxylic acids is 2. The first-order valence-electron chi connectivity index (χ1n) is 12.0. The Morgan fingerprint density at radius 1 is 1.33 bits per heavy atom. The molecule has 4 rings (SSSR count). The number of benzene rings is 1. The predicted octanol–water partition coefficient (Wildman–Crippen LogP) is 3.46. The van der Waals surface area contributed by atoms with Gasteiger partial charge in [-0.2, -0.15) is 35.3 Å². The van der Waals surface area contributed by atoms with Crippen molar-refractivity contribution in [2.45, 2.75) is 31.5 Å². The van der Waals surface area contributed by atoms with Crippen molar-refractivity contribution >= 4 is 23.6 Å². The van der Waals surface area contributed by atoms with Gasteiger partial charge < -0.3 is 15.4 Å². The fourth-order valence-electron chi connectivity index (χ4n) is 4.16. The number of pyridine rings is 1. The lowest BCUT2D eigenvalue weighted by molar-refractivity contribution is -0.153. The largest absolute Gasteiger partial charge is 0.484 e. The van der Waals surface area contributed by atoms with Crippen molar-refractivity contribution < 1.29 is 27.5 Å². The van der Waals surface area contributed by atoms with E-state index in [2.05, 4.69) is 20.7 Å². The Kier molecular flexibility index (Phi) is 8.75. The van der Waals surface area contributed by atoms with Crippen molar-refractivity contribution in [3.63, 3.8) is 0 Å². The molecule has 204 valence electrons. The second-order valence-electron chi connectivity index (χ2n) is 8.81. The first-order valence-corrected chi connectivity index (χ1v) is 13.4. The van der Waals surface area contributed by atoms with Crippen LogP contribution in [-0.2, 0) is 12.8 Å². The molecule has 3 aromatic rings. The van der Waals surface area contributed by atoms with Gasteiger partial charge in [-0.05, 0) is 48.9 Å². The lowest BCUT2D eigenvalue weighted by atomic mass is 9.95. The zero-order valence-electron chi connectivity index (χ0n) is 20.9. The normalized spacial score (nSPS) is 14.7. The molecule has 2 amide bonds. The molecule has 9 nitrogen and oxygen atoms in total. The number of aryl methyl sites for hydroxylation is 1. The minimum absolute atomic E-state index is 0.0637. The summed E-state index contributed by atoms with van der Waals surface area (Å²) in [5.74, 6) is 0.184. The standard InChI is InChI=1S/C26H25F3N6O3S/c1-39-10-9-31-25(37)23-22-20(34-35(23)21-8-6-17(13-30)14-32-21)12-18(33-24(22)36)7-5-16-3-2-4-19(11-16)38-15-26(27,28)29/h2-4,6,8,11,14,18H,5,7,9-10,12,15H2,1H3,(H,31,37)(H,33,36). The Balaban J connectivity index is 1.54. The molecule has 2 aromatic heterocycles. The average Bonchev–Trinajstić information content (AvgIpc) is 3.31. The average molecular weight is 559 g/mol. The van der Waals surface area contributed by atoms with E-state index in [9.17, 15) is 22.8 Å². The van der Waals surface area contributed by atoms with Gasteiger partial charge in [0, 0.05) is 31.0 Å². The van der Waals surface area contributed by atoms with Crippen LogP contribution in [0.5, 0.6) is 5.75 Å². The summed E-state index contributed by atoms with van der Waals surface area (Å²) in [6.45, 7) is -0.974. The Labute approximate surface area is 226 Å². The van der Waals surface area contributed by atoms with Gasteiger partial charge in [0.25, 0.3) is 11.8 Å². The number of hydrogen-bond donors (Lipinski definition) is 2. The summed E-state index contributed by atoms with van der Waals surface area (Å²) in [6.07, 6.45) is 0.162. The van der Waals surface area contributed by atoms with Gasteiger partial charge in [0.15, 0.2) is 12.4 Å². The molecule has 39 heavy (non-hydrogen) atoms. The fraction of sp³-hybridized carbons (Fsp3) is 0.346. The Bertz CT molecular complexity index is 1390. The fourth-order valence-corrected chi connectivity index (χ4v) is 4.47. The molecule has 0 bridgehead atoms. The molecule has 1 aliphatic heterocycles. The van der Waals surface area contributed by atoms with Crippen molar-refractivity contribution in [3.8, 4) is 17.6 Å². The summed E-state index contributed by atoms with van der Waals surface area (Å²) in [5.41, 5.74) is 1.77. The highest BCUT2D eigenvalue weighted by molar-refractivity contribution is 7.98. The summed E-state index contributed by atoms with van der Waals surface area (Å²) in [5, 5.41) is 19.4. The van der Waals surface area contributed by atoms with Gasteiger partial charge in [-0.15, -0.1) is 0 Å². The predicted molar refractivity (Wildman–Crippen MR) is 138 cm³/mol. The number of hydrogen-bond acceptors (Lipinski definition) is 7. The summed E-state index contributed by atoms with van der Waals surface area (Å²) in [4.78, 5) is 30.6. The van der Waals surface area contributed by atoms with Gasteiger partial charge in [0.2, 0.25) is 0 Å². The van der Waals surface area contributed by atoms with Crippen molar-refractivity contribution in [1.82, 2.24) is 25.4 Å². The van der Waals surface area contributed by atoms with Crippen molar-refractivity contribution in [2.24, 2.45) is 0 Å². The molecule has 0 saturated carbocycles. The number of alkyl halides is 3.